The highest BCUT2D eigenvalue weighted by Crippen LogP contribution is 2.18. The number of hydrogen-bond donors (Lipinski definition) is 0. The molecule has 0 saturated carbocycles. The van der Waals surface area contributed by atoms with Crippen LogP contribution in [0.2, 0.25) is 0 Å². The Morgan fingerprint density at radius 3 is 2.42 bits per heavy atom. The number of piperazine rings is 1. The predicted octanol–water partition coefficient (Wildman–Crippen LogP) is 1.65. The fraction of sp³-hybridized carbons (Fsp3) is 0.375. The molecule has 0 unspecified atom stereocenters. The van der Waals surface area contributed by atoms with Crippen LogP contribution in [0, 0.1) is 0 Å². The summed E-state index contributed by atoms with van der Waals surface area (Å²) in [6.45, 7) is 3.75. The molecule has 8 heteroatoms. The summed E-state index contributed by atoms with van der Waals surface area (Å²) in [6.07, 6.45) is -0.353. The Labute approximate surface area is 139 Å². The first-order chi connectivity index (χ1) is 11.7. The van der Waals surface area contributed by atoms with Crippen LogP contribution in [0.4, 0.5) is 4.79 Å². The van der Waals surface area contributed by atoms with Gasteiger partial charge in [-0.2, -0.15) is 0 Å². The summed E-state index contributed by atoms with van der Waals surface area (Å²) in [7, 11) is 0. The van der Waals surface area contributed by atoms with Gasteiger partial charge >= 0.3 is 17.9 Å². The number of ether oxygens (including phenoxy) is 1. The van der Waals surface area contributed by atoms with Gasteiger partial charge in [-0.25, -0.2) is 4.79 Å². The van der Waals surface area contributed by atoms with E-state index in [0.29, 0.717) is 38.7 Å². The van der Waals surface area contributed by atoms with Crippen LogP contribution in [0.1, 0.15) is 17.6 Å². The largest absolute Gasteiger partial charge is 0.450 e. The lowest BCUT2D eigenvalue weighted by atomic mass is 10.2. The quantitative estimate of drug-likeness (QED) is 0.850. The van der Waals surface area contributed by atoms with Crippen molar-refractivity contribution in [1.82, 2.24) is 20.0 Å². The molecule has 126 valence electrons. The number of hydrogen-bond acceptors (Lipinski definition) is 6. The van der Waals surface area contributed by atoms with Gasteiger partial charge in [0.1, 0.15) is 0 Å². The molecular formula is C16H18N4O4. The summed E-state index contributed by atoms with van der Waals surface area (Å²) in [5.41, 5.74) is 0.760. The van der Waals surface area contributed by atoms with Gasteiger partial charge in [-0.15, -0.1) is 10.2 Å². The Morgan fingerprint density at radius 1 is 1.08 bits per heavy atom. The van der Waals surface area contributed by atoms with Crippen LogP contribution in [0.25, 0.3) is 11.5 Å². The minimum absolute atomic E-state index is 0.0431. The first kappa shape index (κ1) is 16.0. The van der Waals surface area contributed by atoms with Crippen LogP contribution in [-0.2, 0) is 4.74 Å². The third kappa shape index (κ3) is 3.37. The molecule has 1 fully saturated rings. The lowest BCUT2D eigenvalue weighted by Gasteiger charge is -2.33. The van der Waals surface area contributed by atoms with Crippen molar-refractivity contribution in [1.29, 1.82) is 0 Å². The fourth-order valence-electron chi connectivity index (χ4n) is 2.45. The standard InChI is InChI=1S/C16H18N4O4/c1-2-23-16(22)20-10-8-19(9-11-20)15(21)14-18-17-13(24-14)12-6-4-3-5-7-12/h3-7H,2,8-11H2,1H3. The molecule has 0 atom stereocenters. The molecule has 1 aliphatic rings. The van der Waals surface area contributed by atoms with Gasteiger partial charge in [-0.3, -0.25) is 4.79 Å². The average molecular weight is 330 g/mol. The number of nitrogens with zero attached hydrogens (tertiary/aromatic N) is 4. The first-order valence-electron chi connectivity index (χ1n) is 7.79. The van der Waals surface area contributed by atoms with Crippen molar-refractivity contribution in [2.75, 3.05) is 32.8 Å². The fourth-order valence-corrected chi connectivity index (χ4v) is 2.45. The van der Waals surface area contributed by atoms with Crippen molar-refractivity contribution >= 4 is 12.0 Å². The van der Waals surface area contributed by atoms with Crippen LogP contribution < -0.4 is 0 Å². The highest BCUT2D eigenvalue weighted by atomic mass is 16.6. The monoisotopic (exact) mass is 330 g/mol. The number of aromatic nitrogens is 2. The number of carbonyl (C=O) groups is 2. The van der Waals surface area contributed by atoms with Crippen molar-refractivity contribution in [3.8, 4) is 11.5 Å². The maximum atomic E-state index is 12.4. The van der Waals surface area contributed by atoms with E-state index in [1.54, 1.807) is 16.7 Å². The van der Waals surface area contributed by atoms with E-state index in [0.717, 1.165) is 5.56 Å². The van der Waals surface area contributed by atoms with Gasteiger partial charge in [0, 0.05) is 31.7 Å². The van der Waals surface area contributed by atoms with Crippen molar-refractivity contribution < 1.29 is 18.7 Å². The average Bonchev–Trinajstić information content (AvgIpc) is 3.12. The van der Waals surface area contributed by atoms with Gasteiger partial charge < -0.3 is 19.0 Å². The number of amides is 2. The molecule has 8 nitrogen and oxygen atoms in total. The molecular weight excluding hydrogens is 312 g/mol. The van der Waals surface area contributed by atoms with E-state index in [1.165, 1.54) is 0 Å². The lowest BCUT2D eigenvalue weighted by molar-refractivity contribution is 0.0540. The van der Waals surface area contributed by atoms with Crippen LogP contribution in [0.3, 0.4) is 0 Å². The summed E-state index contributed by atoms with van der Waals surface area (Å²) >= 11 is 0. The van der Waals surface area contributed by atoms with Gasteiger partial charge in [-0.05, 0) is 19.1 Å². The van der Waals surface area contributed by atoms with E-state index in [-0.39, 0.29) is 17.9 Å². The summed E-state index contributed by atoms with van der Waals surface area (Å²) in [6, 6.07) is 9.26. The second kappa shape index (κ2) is 7.12. The predicted molar refractivity (Wildman–Crippen MR) is 84.2 cm³/mol. The summed E-state index contributed by atoms with van der Waals surface area (Å²) in [5.74, 6) is -0.0595. The second-order valence-corrected chi connectivity index (χ2v) is 5.26. The Balaban J connectivity index is 1.62. The molecule has 0 spiro atoms. The first-order valence-corrected chi connectivity index (χ1v) is 7.79. The van der Waals surface area contributed by atoms with Crippen LogP contribution in [0.5, 0.6) is 0 Å². The Bertz CT molecular complexity index is 708. The van der Waals surface area contributed by atoms with Gasteiger partial charge in [0.15, 0.2) is 0 Å². The minimum atomic E-state index is -0.353. The SMILES string of the molecule is CCOC(=O)N1CCN(C(=O)c2nnc(-c3ccccc3)o2)CC1. The van der Waals surface area contributed by atoms with Crippen LogP contribution >= 0.6 is 0 Å². The topological polar surface area (TPSA) is 88.8 Å². The highest BCUT2D eigenvalue weighted by molar-refractivity contribution is 5.90. The molecule has 1 aliphatic heterocycles. The third-order valence-electron chi connectivity index (χ3n) is 3.72. The zero-order valence-corrected chi connectivity index (χ0v) is 13.3. The summed E-state index contributed by atoms with van der Waals surface area (Å²) in [5, 5.41) is 7.76. The van der Waals surface area contributed by atoms with Crippen molar-refractivity contribution in [2.24, 2.45) is 0 Å². The highest BCUT2D eigenvalue weighted by Gasteiger charge is 2.28. The van der Waals surface area contributed by atoms with E-state index in [1.807, 2.05) is 30.3 Å². The number of benzene rings is 1. The lowest BCUT2D eigenvalue weighted by Crippen LogP contribution is -2.50. The van der Waals surface area contributed by atoms with Crippen molar-refractivity contribution in [3.05, 3.63) is 36.2 Å². The maximum absolute atomic E-state index is 12.4. The van der Waals surface area contributed by atoms with E-state index >= 15 is 0 Å². The van der Waals surface area contributed by atoms with Gasteiger partial charge in [0.05, 0.1) is 6.61 Å². The van der Waals surface area contributed by atoms with E-state index in [4.69, 9.17) is 9.15 Å². The molecule has 0 radical (unpaired) electrons. The van der Waals surface area contributed by atoms with Gasteiger partial charge in [-0.1, -0.05) is 18.2 Å². The second-order valence-electron chi connectivity index (χ2n) is 5.26. The smallest absolute Gasteiger partial charge is 0.409 e. The van der Waals surface area contributed by atoms with Gasteiger partial charge in [0.25, 0.3) is 0 Å². The summed E-state index contributed by atoms with van der Waals surface area (Å²) in [4.78, 5) is 27.3. The van der Waals surface area contributed by atoms with Crippen LogP contribution in [0.15, 0.2) is 34.7 Å². The van der Waals surface area contributed by atoms with Crippen molar-refractivity contribution in [3.63, 3.8) is 0 Å². The zero-order chi connectivity index (χ0) is 16.9. The zero-order valence-electron chi connectivity index (χ0n) is 13.3. The molecule has 3 rings (SSSR count). The molecule has 2 aromatic rings. The molecule has 0 N–H and O–H groups in total. The van der Waals surface area contributed by atoms with Crippen LogP contribution in [-0.4, -0.2) is 64.8 Å². The Hall–Kier alpha value is -2.90. The maximum Gasteiger partial charge on any atom is 0.409 e. The third-order valence-corrected chi connectivity index (χ3v) is 3.72. The molecule has 2 amide bonds. The minimum Gasteiger partial charge on any atom is -0.450 e. The molecule has 2 heterocycles. The molecule has 24 heavy (non-hydrogen) atoms. The van der Waals surface area contributed by atoms with E-state index in [2.05, 4.69) is 10.2 Å². The normalized spacial score (nSPS) is 14.5. The molecule has 1 aromatic carbocycles. The van der Waals surface area contributed by atoms with E-state index < -0.39 is 0 Å². The number of carbonyl (C=O) groups excluding carboxylic acids is 2. The Morgan fingerprint density at radius 2 is 1.75 bits per heavy atom. The number of rotatable bonds is 3. The summed E-state index contributed by atoms with van der Waals surface area (Å²) < 4.78 is 10.4. The van der Waals surface area contributed by atoms with Crippen molar-refractivity contribution in [2.45, 2.75) is 6.92 Å². The molecule has 1 aromatic heterocycles. The Kier molecular flexibility index (Phi) is 4.74. The molecule has 0 aliphatic carbocycles. The van der Waals surface area contributed by atoms with Gasteiger partial charge in [0.2, 0.25) is 5.89 Å². The molecule has 1 saturated heterocycles. The van der Waals surface area contributed by atoms with E-state index in [9.17, 15) is 9.59 Å². The molecule has 0 bridgehead atoms.